The van der Waals surface area contributed by atoms with Crippen LogP contribution in [0.2, 0.25) is 0 Å². The highest BCUT2D eigenvalue weighted by molar-refractivity contribution is 6.00. The summed E-state index contributed by atoms with van der Waals surface area (Å²) in [6.07, 6.45) is 3.13. The van der Waals surface area contributed by atoms with Gasteiger partial charge in [0.25, 0.3) is 0 Å². The van der Waals surface area contributed by atoms with Gasteiger partial charge in [-0.3, -0.25) is 4.68 Å². The van der Waals surface area contributed by atoms with Gasteiger partial charge in [0.15, 0.2) is 5.82 Å². The Hall–Kier alpha value is -4.41. The number of nitrogen functional groups attached to an aromatic ring is 1. The van der Waals surface area contributed by atoms with Gasteiger partial charge in [0, 0.05) is 36.1 Å². The Labute approximate surface area is 186 Å². The third-order valence-corrected chi connectivity index (χ3v) is 4.72. The van der Waals surface area contributed by atoms with E-state index in [0.29, 0.717) is 29.6 Å². The van der Waals surface area contributed by atoms with Gasteiger partial charge in [0.05, 0.1) is 17.1 Å². The Kier molecular flexibility index (Phi) is 5.94. The van der Waals surface area contributed by atoms with Crippen molar-refractivity contribution >= 4 is 23.4 Å². The molecule has 0 saturated heterocycles. The van der Waals surface area contributed by atoms with Crippen LogP contribution in [0.3, 0.4) is 0 Å². The van der Waals surface area contributed by atoms with E-state index in [1.54, 1.807) is 23.0 Å². The number of benzene rings is 2. The lowest BCUT2D eigenvalue weighted by Gasteiger charge is -2.11. The average Bonchev–Trinajstić information content (AvgIpc) is 3.21. The molecule has 4 aromatic rings. The first-order valence-electron chi connectivity index (χ1n) is 9.84. The van der Waals surface area contributed by atoms with Crippen molar-refractivity contribution in [3.8, 4) is 22.5 Å². The van der Waals surface area contributed by atoms with Crippen LogP contribution < -0.4 is 16.4 Å². The molecule has 8 nitrogen and oxygen atoms in total. The van der Waals surface area contributed by atoms with Crippen LogP contribution in [0, 0.1) is 17.5 Å². The quantitative estimate of drug-likeness (QED) is 0.407. The summed E-state index contributed by atoms with van der Waals surface area (Å²) in [6.45, 7) is 2.40. The highest BCUT2D eigenvalue weighted by atomic mass is 19.1. The van der Waals surface area contributed by atoms with E-state index < -0.39 is 23.5 Å². The summed E-state index contributed by atoms with van der Waals surface area (Å²) < 4.78 is 43.9. The highest BCUT2D eigenvalue weighted by Crippen LogP contribution is 2.34. The Balaban J connectivity index is 1.66. The number of aromatic nitrogens is 4. The molecule has 0 spiro atoms. The van der Waals surface area contributed by atoms with Gasteiger partial charge in [0.2, 0.25) is 5.95 Å². The first kappa shape index (κ1) is 21.8. The fourth-order valence-electron chi connectivity index (χ4n) is 3.18. The number of nitrogens with one attached hydrogen (secondary N) is 2. The predicted molar refractivity (Wildman–Crippen MR) is 118 cm³/mol. The van der Waals surface area contributed by atoms with E-state index in [1.165, 1.54) is 18.3 Å². The number of carbonyl (C=O) groups is 1. The Bertz CT molecular complexity index is 1340. The van der Waals surface area contributed by atoms with Gasteiger partial charge in [-0.2, -0.15) is 5.10 Å². The monoisotopic (exact) mass is 453 g/mol. The molecule has 0 atom stereocenters. The Morgan fingerprint density at radius 2 is 1.85 bits per heavy atom. The van der Waals surface area contributed by atoms with Crippen LogP contribution in [0.25, 0.3) is 22.5 Å². The summed E-state index contributed by atoms with van der Waals surface area (Å²) in [5.41, 5.74) is 6.67. The van der Waals surface area contributed by atoms with Crippen LogP contribution in [0.5, 0.6) is 0 Å². The maximum Gasteiger partial charge on any atom is 0.323 e. The molecule has 2 aromatic carbocycles. The number of urea groups is 1. The molecule has 2 aromatic heterocycles. The predicted octanol–water partition coefficient (Wildman–Crippen LogP) is 4.67. The van der Waals surface area contributed by atoms with Crippen molar-refractivity contribution in [2.75, 3.05) is 16.4 Å². The highest BCUT2D eigenvalue weighted by Gasteiger charge is 2.20. The zero-order valence-corrected chi connectivity index (χ0v) is 17.3. The number of aryl methyl sites for hydroxylation is 1. The van der Waals surface area contributed by atoms with E-state index in [0.717, 1.165) is 12.1 Å². The summed E-state index contributed by atoms with van der Waals surface area (Å²) in [6, 6.07) is 7.83. The minimum atomic E-state index is -0.958. The van der Waals surface area contributed by atoms with E-state index in [-0.39, 0.29) is 22.9 Å². The number of halogens is 3. The first-order chi connectivity index (χ1) is 15.9. The molecule has 33 heavy (non-hydrogen) atoms. The molecule has 4 N–H and O–H groups in total. The van der Waals surface area contributed by atoms with Gasteiger partial charge in [0.1, 0.15) is 17.3 Å². The molecule has 0 fully saturated rings. The second kappa shape index (κ2) is 8.99. The van der Waals surface area contributed by atoms with E-state index in [4.69, 9.17) is 5.73 Å². The van der Waals surface area contributed by atoms with Crippen molar-refractivity contribution in [1.29, 1.82) is 0 Å². The van der Waals surface area contributed by atoms with Crippen LogP contribution in [0.1, 0.15) is 6.92 Å². The molecular weight excluding hydrogens is 435 g/mol. The second-order valence-electron chi connectivity index (χ2n) is 6.92. The minimum absolute atomic E-state index is 0.0464. The van der Waals surface area contributed by atoms with Crippen LogP contribution in [-0.4, -0.2) is 25.8 Å². The van der Waals surface area contributed by atoms with Crippen molar-refractivity contribution in [2.45, 2.75) is 13.5 Å². The molecule has 168 valence electrons. The standard InChI is InChI=1S/C22H18F3N7O/c1-2-32-11-14(20(31-32)18-8-9-27-21(26)28-18)13-4-3-5-17(19(13)25)30-22(33)29-16-7-6-12(23)10-15(16)24/h3-11H,2H2,1H3,(H2,26,27,28)(H2,29,30,33). The van der Waals surface area contributed by atoms with Gasteiger partial charge in [-0.25, -0.2) is 27.9 Å². The number of carbonyl (C=O) groups excluding carboxylic acids is 1. The lowest BCUT2D eigenvalue weighted by atomic mass is 10.0. The Morgan fingerprint density at radius 1 is 1.06 bits per heavy atom. The number of rotatable bonds is 5. The van der Waals surface area contributed by atoms with E-state index in [9.17, 15) is 13.6 Å². The minimum Gasteiger partial charge on any atom is -0.368 e. The molecule has 2 heterocycles. The third kappa shape index (κ3) is 4.61. The van der Waals surface area contributed by atoms with Gasteiger partial charge >= 0.3 is 6.03 Å². The molecule has 11 heteroatoms. The number of amides is 2. The molecule has 0 aliphatic rings. The van der Waals surface area contributed by atoms with Crippen molar-refractivity contribution in [1.82, 2.24) is 19.7 Å². The number of nitrogens with zero attached hydrogens (tertiary/aromatic N) is 4. The summed E-state index contributed by atoms with van der Waals surface area (Å²) in [7, 11) is 0. The Morgan fingerprint density at radius 3 is 2.58 bits per heavy atom. The first-order valence-corrected chi connectivity index (χ1v) is 9.84. The summed E-state index contributed by atoms with van der Waals surface area (Å²) in [4.78, 5) is 20.3. The number of hydrogen-bond acceptors (Lipinski definition) is 5. The average molecular weight is 453 g/mol. The summed E-state index contributed by atoms with van der Waals surface area (Å²) in [5, 5.41) is 9.02. The zero-order chi connectivity index (χ0) is 23.5. The molecule has 2 amide bonds. The third-order valence-electron chi connectivity index (χ3n) is 4.72. The molecule has 0 radical (unpaired) electrons. The topological polar surface area (TPSA) is 111 Å². The zero-order valence-electron chi connectivity index (χ0n) is 17.3. The maximum absolute atomic E-state index is 15.4. The van der Waals surface area contributed by atoms with Gasteiger partial charge in [-0.05, 0) is 31.2 Å². The van der Waals surface area contributed by atoms with Gasteiger partial charge < -0.3 is 16.4 Å². The summed E-state index contributed by atoms with van der Waals surface area (Å²) in [5.74, 6) is -2.43. The van der Waals surface area contributed by atoms with Crippen LogP contribution in [-0.2, 0) is 6.54 Å². The SMILES string of the molecule is CCn1cc(-c2cccc(NC(=O)Nc3ccc(F)cc3F)c2F)c(-c2ccnc(N)n2)n1. The van der Waals surface area contributed by atoms with Crippen molar-refractivity contribution in [2.24, 2.45) is 0 Å². The maximum atomic E-state index is 15.4. The van der Waals surface area contributed by atoms with E-state index in [2.05, 4.69) is 25.7 Å². The number of anilines is 3. The molecule has 0 unspecified atom stereocenters. The normalized spacial score (nSPS) is 10.8. The molecule has 0 bridgehead atoms. The fraction of sp³-hybridized carbons (Fsp3) is 0.0909. The van der Waals surface area contributed by atoms with Crippen molar-refractivity contribution in [3.63, 3.8) is 0 Å². The van der Waals surface area contributed by atoms with Gasteiger partial charge in [-0.1, -0.05) is 12.1 Å². The number of hydrogen-bond donors (Lipinski definition) is 3. The molecule has 0 aliphatic carbocycles. The molecule has 4 rings (SSSR count). The molecule has 0 saturated carbocycles. The summed E-state index contributed by atoms with van der Waals surface area (Å²) >= 11 is 0. The molecular formula is C22H18F3N7O. The van der Waals surface area contributed by atoms with Gasteiger partial charge in [-0.15, -0.1) is 0 Å². The second-order valence-corrected chi connectivity index (χ2v) is 6.92. The lowest BCUT2D eigenvalue weighted by molar-refractivity contribution is 0.262. The van der Waals surface area contributed by atoms with Crippen LogP contribution >= 0.6 is 0 Å². The van der Waals surface area contributed by atoms with Crippen molar-refractivity contribution in [3.05, 3.63) is 72.3 Å². The largest absolute Gasteiger partial charge is 0.368 e. The molecule has 0 aliphatic heterocycles. The van der Waals surface area contributed by atoms with Crippen LogP contribution in [0.4, 0.5) is 35.3 Å². The van der Waals surface area contributed by atoms with E-state index in [1.807, 2.05) is 6.92 Å². The smallest absolute Gasteiger partial charge is 0.323 e. The fourth-order valence-corrected chi connectivity index (χ4v) is 3.18. The lowest BCUT2D eigenvalue weighted by Crippen LogP contribution is -2.21. The number of nitrogens with two attached hydrogens (primary N) is 1. The van der Waals surface area contributed by atoms with Crippen LogP contribution in [0.15, 0.2) is 54.9 Å². The van der Waals surface area contributed by atoms with E-state index >= 15 is 4.39 Å². The van der Waals surface area contributed by atoms with Crippen molar-refractivity contribution < 1.29 is 18.0 Å².